The average Bonchev–Trinajstić information content (AvgIpc) is 2.00. The van der Waals surface area contributed by atoms with Gasteiger partial charge >= 0.3 is 5.97 Å². The second-order valence-electron chi connectivity index (χ2n) is 2.41. The zero-order chi connectivity index (χ0) is 10.4. The first-order valence-corrected chi connectivity index (χ1v) is 3.47. The second kappa shape index (κ2) is 4.96. The van der Waals surface area contributed by atoms with Crippen molar-refractivity contribution in [3.63, 3.8) is 0 Å². The summed E-state index contributed by atoms with van der Waals surface area (Å²) in [5.41, 5.74) is 5.05. The maximum absolute atomic E-state index is 10.9. The van der Waals surface area contributed by atoms with E-state index in [1.54, 1.807) is 0 Å². The Labute approximate surface area is 75.0 Å². The highest BCUT2D eigenvalue weighted by molar-refractivity contribution is 5.86. The summed E-state index contributed by atoms with van der Waals surface area (Å²) < 4.78 is 0. The average molecular weight is 188 g/mol. The zero-order valence-electron chi connectivity index (χ0n) is 7.20. The van der Waals surface area contributed by atoms with Gasteiger partial charge in [-0.1, -0.05) is 0 Å². The minimum Gasteiger partial charge on any atom is -0.480 e. The highest BCUT2D eigenvalue weighted by Gasteiger charge is 2.07. The zero-order valence-corrected chi connectivity index (χ0v) is 7.20. The Morgan fingerprint density at radius 2 is 2.15 bits per heavy atom. The molecule has 0 aliphatic heterocycles. The van der Waals surface area contributed by atoms with Gasteiger partial charge in [-0.15, -0.1) is 0 Å². The summed E-state index contributed by atoms with van der Waals surface area (Å²) in [7, 11) is 1.46. The molecule has 5 N–H and O–H groups in total. The molecule has 74 valence electrons. The predicted molar refractivity (Wildman–Crippen MR) is 45.2 cm³/mol. The van der Waals surface area contributed by atoms with Crippen LogP contribution in [0.25, 0.3) is 0 Å². The van der Waals surface area contributed by atoms with Crippen molar-refractivity contribution in [2.45, 2.75) is 0 Å². The number of carbonyl (C=O) groups is 2. The lowest BCUT2D eigenvalue weighted by atomic mass is 10.5. The normalized spacial score (nSPS) is 9.00. The molecule has 0 unspecified atom stereocenters. The molecule has 0 aromatic rings. The highest BCUT2D eigenvalue weighted by Crippen LogP contribution is 1.78. The molecular formula is C6H12N4O3. The van der Waals surface area contributed by atoms with Crippen LogP contribution in [0.4, 0.5) is 0 Å². The second-order valence-corrected chi connectivity index (χ2v) is 2.41. The topological polar surface area (TPSA) is 120 Å². The van der Waals surface area contributed by atoms with Gasteiger partial charge in [0, 0.05) is 7.05 Å². The third kappa shape index (κ3) is 5.48. The van der Waals surface area contributed by atoms with Crippen LogP contribution in [0.3, 0.4) is 0 Å². The molecule has 7 heteroatoms. The predicted octanol–water partition coefficient (Wildman–Crippen LogP) is -1.99. The Hall–Kier alpha value is -1.79. The summed E-state index contributed by atoms with van der Waals surface area (Å²) in [6.07, 6.45) is 0. The number of rotatable bonds is 4. The molecular weight excluding hydrogens is 176 g/mol. The van der Waals surface area contributed by atoms with Crippen LogP contribution in [-0.2, 0) is 9.59 Å². The largest absolute Gasteiger partial charge is 0.480 e. The molecule has 0 aromatic heterocycles. The van der Waals surface area contributed by atoms with E-state index in [1.807, 2.05) is 0 Å². The van der Waals surface area contributed by atoms with Crippen LogP contribution in [0.1, 0.15) is 0 Å². The molecule has 13 heavy (non-hydrogen) atoms. The summed E-state index contributed by atoms with van der Waals surface area (Å²) in [6, 6.07) is 0. The molecule has 1 amide bonds. The Morgan fingerprint density at radius 1 is 1.62 bits per heavy atom. The molecule has 0 atom stereocenters. The lowest BCUT2D eigenvalue weighted by molar-refractivity contribution is -0.137. The fraction of sp³-hybridized carbons (Fsp3) is 0.500. The summed E-state index contributed by atoms with van der Waals surface area (Å²) >= 11 is 0. The summed E-state index contributed by atoms with van der Waals surface area (Å²) in [5, 5.41) is 17.3. The molecule has 0 saturated heterocycles. The van der Waals surface area contributed by atoms with Gasteiger partial charge in [-0.2, -0.15) is 0 Å². The minimum absolute atomic E-state index is 0.122. The molecule has 0 saturated carbocycles. The molecule has 0 radical (unpaired) electrons. The van der Waals surface area contributed by atoms with Crippen molar-refractivity contribution < 1.29 is 14.7 Å². The third-order valence-electron chi connectivity index (χ3n) is 1.23. The van der Waals surface area contributed by atoms with E-state index in [1.165, 1.54) is 11.9 Å². The van der Waals surface area contributed by atoms with Gasteiger partial charge < -0.3 is 21.1 Å². The molecule has 0 aromatic carbocycles. The van der Waals surface area contributed by atoms with Gasteiger partial charge in [-0.05, 0) is 0 Å². The van der Waals surface area contributed by atoms with Crippen molar-refractivity contribution in [3.8, 4) is 0 Å². The van der Waals surface area contributed by atoms with Crippen LogP contribution in [0.5, 0.6) is 0 Å². The van der Waals surface area contributed by atoms with Gasteiger partial charge in [-0.25, -0.2) is 0 Å². The van der Waals surface area contributed by atoms with E-state index in [2.05, 4.69) is 5.32 Å². The van der Waals surface area contributed by atoms with Gasteiger partial charge in [0.15, 0.2) is 5.96 Å². The van der Waals surface area contributed by atoms with Crippen molar-refractivity contribution in [3.05, 3.63) is 0 Å². The monoisotopic (exact) mass is 188 g/mol. The van der Waals surface area contributed by atoms with Crippen LogP contribution in [0.15, 0.2) is 0 Å². The van der Waals surface area contributed by atoms with E-state index in [9.17, 15) is 9.59 Å². The van der Waals surface area contributed by atoms with E-state index in [4.69, 9.17) is 16.2 Å². The number of nitrogens with zero attached hydrogens (tertiary/aromatic N) is 1. The lowest BCUT2D eigenvalue weighted by Gasteiger charge is -2.15. The number of guanidine groups is 1. The van der Waals surface area contributed by atoms with E-state index in [-0.39, 0.29) is 12.5 Å². The maximum atomic E-state index is 10.9. The number of aliphatic carboxylic acids is 1. The van der Waals surface area contributed by atoms with Crippen molar-refractivity contribution in [1.82, 2.24) is 10.2 Å². The molecule has 0 rings (SSSR count). The first kappa shape index (κ1) is 11.2. The number of nitrogens with two attached hydrogens (primary N) is 1. The Kier molecular flexibility index (Phi) is 4.28. The smallest absolute Gasteiger partial charge is 0.322 e. The quantitative estimate of drug-likeness (QED) is 0.301. The molecule has 0 aliphatic rings. The Morgan fingerprint density at radius 3 is 2.54 bits per heavy atom. The molecule has 0 bridgehead atoms. The van der Waals surface area contributed by atoms with E-state index >= 15 is 0 Å². The number of carbonyl (C=O) groups excluding carboxylic acids is 1. The van der Waals surface area contributed by atoms with Crippen LogP contribution in [-0.4, -0.2) is 48.0 Å². The van der Waals surface area contributed by atoms with Crippen molar-refractivity contribution in [2.75, 3.05) is 20.1 Å². The number of hydrogen-bond acceptors (Lipinski definition) is 3. The van der Waals surface area contributed by atoms with Gasteiger partial charge in [-0.3, -0.25) is 15.0 Å². The lowest BCUT2D eigenvalue weighted by Crippen LogP contribution is -2.42. The highest BCUT2D eigenvalue weighted by atomic mass is 16.4. The van der Waals surface area contributed by atoms with Gasteiger partial charge in [0.05, 0.1) is 6.54 Å². The van der Waals surface area contributed by atoms with Gasteiger partial charge in [0.2, 0.25) is 5.91 Å². The molecule has 7 nitrogen and oxygen atoms in total. The fourth-order valence-corrected chi connectivity index (χ4v) is 0.531. The molecule has 0 spiro atoms. The van der Waals surface area contributed by atoms with Crippen LogP contribution >= 0.6 is 0 Å². The van der Waals surface area contributed by atoms with Gasteiger partial charge in [0.25, 0.3) is 0 Å². The summed E-state index contributed by atoms with van der Waals surface area (Å²) in [6.45, 7) is -0.548. The number of likely N-dealkylation sites (N-methyl/N-ethyl adjacent to an activating group) is 1. The maximum Gasteiger partial charge on any atom is 0.322 e. The van der Waals surface area contributed by atoms with Crippen molar-refractivity contribution in [1.29, 1.82) is 5.41 Å². The molecule has 0 fully saturated rings. The Balaban J connectivity index is 3.74. The number of amides is 1. The standard InChI is InChI=1S/C6H12N4O3/c1-10(6(7)8)3-4(11)9-2-5(12)13/h2-3H2,1H3,(H3,7,8)(H,9,11)(H,12,13). The van der Waals surface area contributed by atoms with Crippen LogP contribution < -0.4 is 11.1 Å². The fourth-order valence-electron chi connectivity index (χ4n) is 0.531. The first-order valence-electron chi connectivity index (χ1n) is 3.47. The number of nitrogens with one attached hydrogen (secondary N) is 2. The van der Waals surface area contributed by atoms with E-state index < -0.39 is 18.4 Å². The van der Waals surface area contributed by atoms with E-state index in [0.717, 1.165) is 0 Å². The Bertz CT molecular complexity index is 228. The number of carboxylic acid groups (broad SMARTS) is 1. The van der Waals surface area contributed by atoms with Gasteiger partial charge in [0.1, 0.15) is 6.54 Å². The molecule has 0 heterocycles. The van der Waals surface area contributed by atoms with E-state index in [0.29, 0.717) is 0 Å². The first-order chi connectivity index (χ1) is 5.93. The van der Waals surface area contributed by atoms with Crippen molar-refractivity contribution in [2.24, 2.45) is 5.73 Å². The number of hydrogen-bond donors (Lipinski definition) is 4. The molecule has 0 aliphatic carbocycles. The third-order valence-corrected chi connectivity index (χ3v) is 1.23. The summed E-state index contributed by atoms with van der Waals surface area (Å²) in [4.78, 5) is 22.1. The SMILES string of the molecule is CN(CC(=O)NCC(=O)O)C(=N)N. The minimum atomic E-state index is -1.11. The van der Waals surface area contributed by atoms with Crippen LogP contribution in [0, 0.1) is 5.41 Å². The summed E-state index contributed by atoms with van der Waals surface area (Å²) in [5.74, 6) is -1.84. The number of carboxylic acids is 1. The van der Waals surface area contributed by atoms with Crippen molar-refractivity contribution >= 4 is 17.8 Å². The van der Waals surface area contributed by atoms with Crippen LogP contribution in [0.2, 0.25) is 0 Å².